The topological polar surface area (TPSA) is 92.8 Å². The van der Waals surface area contributed by atoms with Crippen molar-refractivity contribution < 1.29 is 22.7 Å². The molecule has 1 saturated heterocycles. The van der Waals surface area contributed by atoms with Gasteiger partial charge in [0, 0.05) is 19.6 Å². The summed E-state index contributed by atoms with van der Waals surface area (Å²) in [5.74, 6) is -0.812. The average Bonchev–Trinajstić information content (AvgIpc) is 3.13. The monoisotopic (exact) mass is 368 g/mol. The minimum Gasteiger partial charge on any atom is -0.452 e. The third kappa shape index (κ3) is 5.27. The van der Waals surface area contributed by atoms with E-state index in [1.165, 1.54) is 28.6 Å². The molecule has 1 aromatic rings. The van der Waals surface area contributed by atoms with Crippen LogP contribution in [0, 0.1) is 5.92 Å². The molecule has 0 bridgehead atoms. The predicted molar refractivity (Wildman–Crippen MR) is 92.6 cm³/mol. The van der Waals surface area contributed by atoms with E-state index < -0.39 is 22.6 Å². The summed E-state index contributed by atoms with van der Waals surface area (Å²) in [6.07, 6.45) is 1.68. The number of carbonyl (C=O) groups is 2. The minimum atomic E-state index is -3.60. The molecule has 0 radical (unpaired) electrons. The second-order valence-corrected chi connectivity index (χ2v) is 8.35. The zero-order valence-electron chi connectivity index (χ0n) is 14.5. The van der Waals surface area contributed by atoms with E-state index in [9.17, 15) is 18.0 Å². The number of nitrogens with one attached hydrogen (secondary N) is 1. The highest BCUT2D eigenvalue weighted by atomic mass is 32.2. The largest absolute Gasteiger partial charge is 0.452 e. The van der Waals surface area contributed by atoms with E-state index >= 15 is 0 Å². The molecule has 1 heterocycles. The van der Waals surface area contributed by atoms with Crippen molar-refractivity contribution in [3.05, 3.63) is 29.8 Å². The molecule has 0 atom stereocenters. The van der Waals surface area contributed by atoms with Crippen LogP contribution < -0.4 is 5.32 Å². The standard InChI is InChI=1S/C17H24N2O5S/c1-13(2)11-18-16(20)12-24-17(21)14-6-5-7-15(10-14)25(22,23)19-8-3-4-9-19/h5-7,10,13H,3-4,8-9,11-12H2,1-2H3,(H,18,20). The summed E-state index contributed by atoms with van der Waals surface area (Å²) in [6.45, 7) is 5.01. The van der Waals surface area contributed by atoms with E-state index in [1.54, 1.807) is 0 Å². The van der Waals surface area contributed by atoms with Crippen LogP contribution in [0.4, 0.5) is 0 Å². The third-order valence-electron chi connectivity index (χ3n) is 3.81. The quantitative estimate of drug-likeness (QED) is 0.735. The van der Waals surface area contributed by atoms with Crippen LogP contribution in [0.3, 0.4) is 0 Å². The van der Waals surface area contributed by atoms with Crippen LogP contribution in [0.2, 0.25) is 0 Å². The molecule has 8 heteroatoms. The number of rotatable bonds is 7. The summed E-state index contributed by atoms with van der Waals surface area (Å²) < 4.78 is 31.4. The lowest BCUT2D eigenvalue weighted by atomic mass is 10.2. The third-order valence-corrected chi connectivity index (χ3v) is 5.71. The maximum absolute atomic E-state index is 12.5. The number of ether oxygens (including phenoxy) is 1. The predicted octanol–water partition coefficient (Wildman–Crippen LogP) is 1.40. The normalized spacial score (nSPS) is 15.3. The van der Waals surface area contributed by atoms with Crippen molar-refractivity contribution in [3.8, 4) is 0 Å². The number of benzene rings is 1. The summed E-state index contributed by atoms with van der Waals surface area (Å²) in [4.78, 5) is 23.7. The Balaban J connectivity index is 2.00. The molecule has 0 aliphatic carbocycles. The number of hydrogen-bond donors (Lipinski definition) is 1. The Morgan fingerprint density at radius 1 is 1.24 bits per heavy atom. The Kier molecular flexibility index (Phi) is 6.55. The molecule has 1 N–H and O–H groups in total. The summed E-state index contributed by atoms with van der Waals surface area (Å²) in [5, 5.41) is 2.64. The Morgan fingerprint density at radius 3 is 2.56 bits per heavy atom. The number of hydrogen-bond acceptors (Lipinski definition) is 5. The van der Waals surface area contributed by atoms with Crippen molar-refractivity contribution in [2.45, 2.75) is 31.6 Å². The van der Waals surface area contributed by atoms with Crippen molar-refractivity contribution >= 4 is 21.9 Å². The number of sulfonamides is 1. The second kappa shape index (κ2) is 8.44. The Hall–Kier alpha value is -1.93. The van der Waals surface area contributed by atoms with Crippen LogP contribution in [-0.2, 0) is 19.6 Å². The molecule has 7 nitrogen and oxygen atoms in total. The molecule has 1 aliphatic rings. The smallest absolute Gasteiger partial charge is 0.338 e. The van der Waals surface area contributed by atoms with Crippen LogP contribution in [0.5, 0.6) is 0 Å². The van der Waals surface area contributed by atoms with Gasteiger partial charge in [-0.2, -0.15) is 4.31 Å². The van der Waals surface area contributed by atoms with Gasteiger partial charge < -0.3 is 10.1 Å². The van der Waals surface area contributed by atoms with Gasteiger partial charge in [-0.05, 0) is 37.0 Å². The lowest BCUT2D eigenvalue weighted by molar-refractivity contribution is -0.124. The van der Waals surface area contributed by atoms with Crippen LogP contribution in [-0.4, -0.2) is 50.8 Å². The van der Waals surface area contributed by atoms with E-state index in [4.69, 9.17) is 4.74 Å². The number of carbonyl (C=O) groups excluding carboxylic acids is 2. The van der Waals surface area contributed by atoms with Gasteiger partial charge in [0.05, 0.1) is 10.5 Å². The maximum Gasteiger partial charge on any atom is 0.338 e. The van der Waals surface area contributed by atoms with E-state index in [2.05, 4.69) is 5.32 Å². The van der Waals surface area contributed by atoms with Crippen molar-refractivity contribution in [1.82, 2.24) is 9.62 Å². The van der Waals surface area contributed by atoms with E-state index in [1.807, 2.05) is 13.8 Å². The van der Waals surface area contributed by atoms with E-state index in [0.717, 1.165) is 12.8 Å². The zero-order chi connectivity index (χ0) is 18.4. The highest BCUT2D eigenvalue weighted by Crippen LogP contribution is 2.21. The first-order valence-corrected chi connectivity index (χ1v) is 9.79. The van der Waals surface area contributed by atoms with Gasteiger partial charge in [-0.15, -0.1) is 0 Å². The summed E-state index contributed by atoms with van der Waals surface area (Å²) in [6, 6.07) is 5.72. The van der Waals surface area contributed by atoms with Crippen LogP contribution >= 0.6 is 0 Å². The maximum atomic E-state index is 12.5. The molecule has 1 aliphatic heterocycles. The van der Waals surface area contributed by atoms with Gasteiger partial charge in [0.1, 0.15) is 0 Å². The Labute approximate surface area is 148 Å². The molecular formula is C17H24N2O5S. The molecule has 138 valence electrons. The molecule has 2 rings (SSSR count). The Bertz CT molecular complexity index is 724. The molecule has 0 aromatic heterocycles. The van der Waals surface area contributed by atoms with Crippen LogP contribution in [0.15, 0.2) is 29.2 Å². The van der Waals surface area contributed by atoms with Gasteiger partial charge in [0.15, 0.2) is 6.61 Å². The van der Waals surface area contributed by atoms with Crippen molar-refractivity contribution in [3.63, 3.8) is 0 Å². The zero-order valence-corrected chi connectivity index (χ0v) is 15.3. The Morgan fingerprint density at radius 2 is 1.92 bits per heavy atom. The molecule has 0 saturated carbocycles. The summed E-state index contributed by atoms with van der Waals surface area (Å²) in [5.41, 5.74) is 0.108. The lowest BCUT2D eigenvalue weighted by Gasteiger charge is -2.15. The van der Waals surface area contributed by atoms with E-state index in [0.29, 0.717) is 25.6 Å². The fraction of sp³-hybridized carbons (Fsp3) is 0.529. The SMILES string of the molecule is CC(C)CNC(=O)COC(=O)c1cccc(S(=O)(=O)N2CCCC2)c1. The first kappa shape index (κ1) is 19.4. The second-order valence-electron chi connectivity index (χ2n) is 6.41. The van der Waals surface area contributed by atoms with Crippen LogP contribution in [0.25, 0.3) is 0 Å². The first-order valence-electron chi connectivity index (χ1n) is 8.34. The van der Waals surface area contributed by atoms with Gasteiger partial charge in [0.2, 0.25) is 10.0 Å². The first-order chi connectivity index (χ1) is 11.8. The van der Waals surface area contributed by atoms with Crippen molar-refractivity contribution in [1.29, 1.82) is 0 Å². The molecule has 1 amide bonds. The number of esters is 1. The van der Waals surface area contributed by atoms with Crippen molar-refractivity contribution in [2.75, 3.05) is 26.2 Å². The van der Waals surface area contributed by atoms with Crippen molar-refractivity contribution in [2.24, 2.45) is 5.92 Å². The summed E-state index contributed by atoms with van der Waals surface area (Å²) >= 11 is 0. The molecule has 1 aromatic carbocycles. The number of nitrogens with zero attached hydrogens (tertiary/aromatic N) is 1. The summed E-state index contributed by atoms with van der Waals surface area (Å²) in [7, 11) is -3.60. The van der Waals surface area contributed by atoms with E-state index in [-0.39, 0.29) is 16.4 Å². The fourth-order valence-electron chi connectivity index (χ4n) is 2.44. The van der Waals surface area contributed by atoms with Gasteiger partial charge in [-0.25, -0.2) is 13.2 Å². The van der Waals surface area contributed by atoms with Crippen LogP contribution in [0.1, 0.15) is 37.0 Å². The van der Waals surface area contributed by atoms with Gasteiger partial charge in [0.25, 0.3) is 5.91 Å². The molecule has 0 spiro atoms. The minimum absolute atomic E-state index is 0.0631. The fourth-order valence-corrected chi connectivity index (χ4v) is 4.01. The van der Waals surface area contributed by atoms with Gasteiger partial charge >= 0.3 is 5.97 Å². The molecule has 1 fully saturated rings. The highest BCUT2D eigenvalue weighted by Gasteiger charge is 2.27. The number of amides is 1. The molecule has 25 heavy (non-hydrogen) atoms. The van der Waals surface area contributed by atoms with Gasteiger partial charge in [-0.3, -0.25) is 4.79 Å². The van der Waals surface area contributed by atoms with Gasteiger partial charge in [-0.1, -0.05) is 19.9 Å². The molecular weight excluding hydrogens is 344 g/mol. The lowest BCUT2D eigenvalue weighted by Crippen LogP contribution is -2.31. The molecule has 0 unspecified atom stereocenters. The highest BCUT2D eigenvalue weighted by molar-refractivity contribution is 7.89. The average molecular weight is 368 g/mol.